The predicted octanol–water partition coefficient (Wildman–Crippen LogP) is 4.39. The van der Waals surface area contributed by atoms with Gasteiger partial charge in [0.1, 0.15) is 5.75 Å². The first-order valence-corrected chi connectivity index (χ1v) is 8.48. The molecule has 5 heteroatoms. The van der Waals surface area contributed by atoms with Crippen LogP contribution in [0.2, 0.25) is 0 Å². The molecule has 0 radical (unpaired) electrons. The molecule has 0 bridgehead atoms. The molecule has 122 valence electrons. The Labute approximate surface area is 148 Å². The molecule has 1 heterocycles. The molecule has 3 aromatic rings. The summed E-state index contributed by atoms with van der Waals surface area (Å²) in [4.78, 5) is 16.6. The van der Waals surface area contributed by atoms with Crippen LogP contribution in [0.25, 0.3) is 10.9 Å². The lowest BCUT2D eigenvalue weighted by molar-refractivity contribution is 0.103. The second kappa shape index (κ2) is 4.86. The van der Waals surface area contributed by atoms with E-state index in [0.29, 0.717) is 17.0 Å². The zero-order valence-corrected chi connectivity index (χ0v) is 15.2. The highest BCUT2D eigenvalue weighted by atomic mass is 79.9. The Hall–Kier alpha value is -2.27. The number of aromatic nitrogens is 1. The van der Waals surface area contributed by atoms with Crippen LogP contribution in [-0.2, 0) is 5.41 Å². The molecule has 3 N–H and O–H groups in total. The van der Waals surface area contributed by atoms with Crippen molar-refractivity contribution in [3.05, 3.63) is 57.2 Å². The summed E-state index contributed by atoms with van der Waals surface area (Å²) < 4.78 is 6.22. The smallest absolute Gasteiger partial charge is 0.195 e. The minimum Gasteiger partial charge on any atom is -0.496 e. The number of carbonyl (C=O) groups is 1. The number of anilines is 1. The number of hydrogen-bond acceptors (Lipinski definition) is 3. The van der Waals surface area contributed by atoms with Gasteiger partial charge in [-0.15, -0.1) is 0 Å². The minimum absolute atomic E-state index is 0.0150. The number of ketones is 1. The Morgan fingerprint density at radius 1 is 1.21 bits per heavy atom. The monoisotopic (exact) mass is 384 g/mol. The van der Waals surface area contributed by atoms with Crippen LogP contribution in [0.1, 0.15) is 41.0 Å². The Balaban J connectivity index is 2.09. The van der Waals surface area contributed by atoms with Crippen molar-refractivity contribution in [2.24, 2.45) is 0 Å². The van der Waals surface area contributed by atoms with Gasteiger partial charge >= 0.3 is 0 Å². The number of methoxy groups -OCH3 is 1. The molecule has 0 saturated heterocycles. The topological polar surface area (TPSA) is 68.1 Å². The SMILES string of the molecule is COc1cc2c(cc1Br)C(C)(C)c1[nH]c3cc(N)ccc3c1C2=O. The van der Waals surface area contributed by atoms with Crippen molar-refractivity contribution in [3.63, 3.8) is 0 Å². The lowest BCUT2D eigenvalue weighted by Gasteiger charge is -2.32. The maximum atomic E-state index is 13.2. The molecule has 0 amide bonds. The van der Waals surface area contributed by atoms with Crippen molar-refractivity contribution < 1.29 is 9.53 Å². The number of ether oxygens (including phenoxy) is 1. The van der Waals surface area contributed by atoms with E-state index in [1.54, 1.807) is 7.11 Å². The lowest BCUT2D eigenvalue weighted by Crippen LogP contribution is -2.30. The van der Waals surface area contributed by atoms with E-state index in [-0.39, 0.29) is 11.2 Å². The molecule has 2 aromatic carbocycles. The maximum Gasteiger partial charge on any atom is 0.195 e. The second-order valence-corrected chi connectivity index (χ2v) is 7.52. The summed E-state index contributed by atoms with van der Waals surface area (Å²) in [6.45, 7) is 4.24. The lowest BCUT2D eigenvalue weighted by atomic mass is 9.71. The number of benzene rings is 2. The van der Waals surface area contributed by atoms with Gasteiger partial charge in [0.15, 0.2) is 5.78 Å². The molecule has 0 fully saturated rings. The van der Waals surface area contributed by atoms with E-state index in [1.165, 1.54) is 0 Å². The minimum atomic E-state index is -0.332. The Morgan fingerprint density at radius 2 is 1.96 bits per heavy atom. The Kier molecular flexibility index (Phi) is 3.09. The summed E-state index contributed by atoms with van der Waals surface area (Å²) in [5, 5.41) is 0.907. The van der Waals surface area contributed by atoms with Gasteiger partial charge in [0.25, 0.3) is 0 Å². The molecule has 0 atom stereocenters. The van der Waals surface area contributed by atoms with Gasteiger partial charge in [-0.25, -0.2) is 0 Å². The van der Waals surface area contributed by atoms with Crippen molar-refractivity contribution in [2.45, 2.75) is 19.3 Å². The Morgan fingerprint density at radius 3 is 2.67 bits per heavy atom. The van der Waals surface area contributed by atoms with Crippen molar-refractivity contribution in [1.29, 1.82) is 0 Å². The maximum absolute atomic E-state index is 13.2. The largest absolute Gasteiger partial charge is 0.496 e. The zero-order valence-electron chi connectivity index (χ0n) is 13.7. The van der Waals surface area contributed by atoms with Crippen molar-refractivity contribution in [2.75, 3.05) is 12.8 Å². The molecule has 4 rings (SSSR count). The van der Waals surface area contributed by atoms with Gasteiger partial charge in [0, 0.05) is 33.3 Å². The molecular weight excluding hydrogens is 368 g/mol. The van der Waals surface area contributed by atoms with Crippen LogP contribution in [0.3, 0.4) is 0 Å². The molecule has 0 unspecified atom stereocenters. The van der Waals surface area contributed by atoms with Gasteiger partial charge in [-0.3, -0.25) is 4.79 Å². The van der Waals surface area contributed by atoms with Crippen LogP contribution in [0.5, 0.6) is 5.75 Å². The van der Waals surface area contributed by atoms with Gasteiger partial charge in [-0.1, -0.05) is 19.9 Å². The van der Waals surface area contributed by atoms with Crippen LogP contribution in [0, 0.1) is 0 Å². The summed E-state index contributed by atoms with van der Waals surface area (Å²) in [5.74, 6) is 0.673. The van der Waals surface area contributed by atoms with Crippen molar-refractivity contribution in [1.82, 2.24) is 4.98 Å². The zero-order chi connectivity index (χ0) is 17.2. The first kappa shape index (κ1) is 15.3. The third kappa shape index (κ3) is 1.88. The van der Waals surface area contributed by atoms with E-state index in [0.717, 1.165) is 32.2 Å². The number of carbonyl (C=O) groups excluding carboxylic acids is 1. The van der Waals surface area contributed by atoms with Gasteiger partial charge in [-0.2, -0.15) is 0 Å². The molecule has 1 aliphatic carbocycles. The van der Waals surface area contributed by atoms with Crippen LogP contribution < -0.4 is 10.5 Å². The summed E-state index contributed by atoms with van der Waals surface area (Å²) in [5.41, 5.74) is 10.5. The number of rotatable bonds is 1. The highest BCUT2D eigenvalue weighted by Crippen LogP contribution is 2.46. The van der Waals surface area contributed by atoms with Crippen molar-refractivity contribution in [3.8, 4) is 5.75 Å². The molecule has 4 nitrogen and oxygen atoms in total. The van der Waals surface area contributed by atoms with E-state index in [4.69, 9.17) is 10.5 Å². The predicted molar refractivity (Wildman–Crippen MR) is 99.0 cm³/mol. The van der Waals surface area contributed by atoms with Gasteiger partial charge in [-0.05, 0) is 45.8 Å². The average molecular weight is 385 g/mol. The summed E-state index contributed by atoms with van der Waals surface area (Å²) in [7, 11) is 1.60. The van der Waals surface area contributed by atoms with E-state index in [2.05, 4.69) is 34.8 Å². The standard InChI is InChI=1S/C19H17BrN2O2/c1-19(2)12-8-13(20)15(24-3)7-11(12)17(23)16-10-5-4-9(21)6-14(10)22-18(16)19/h4-8,22H,21H2,1-3H3. The quantitative estimate of drug-likeness (QED) is 0.611. The first-order valence-electron chi connectivity index (χ1n) is 7.69. The molecule has 0 aliphatic heterocycles. The number of halogens is 1. The number of nitrogens with two attached hydrogens (primary N) is 1. The van der Waals surface area contributed by atoms with Crippen molar-refractivity contribution >= 4 is 38.3 Å². The fraction of sp³-hybridized carbons (Fsp3) is 0.211. The average Bonchev–Trinajstić information content (AvgIpc) is 2.92. The van der Waals surface area contributed by atoms with Gasteiger partial charge in [0.05, 0.1) is 17.1 Å². The fourth-order valence-corrected chi connectivity index (χ4v) is 4.11. The van der Waals surface area contributed by atoms with E-state index in [9.17, 15) is 4.79 Å². The van der Waals surface area contributed by atoms with Gasteiger partial charge < -0.3 is 15.5 Å². The van der Waals surface area contributed by atoms with Crippen LogP contribution >= 0.6 is 15.9 Å². The number of H-pyrrole nitrogens is 1. The molecular formula is C19H17BrN2O2. The molecule has 1 aromatic heterocycles. The second-order valence-electron chi connectivity index (χ2n) is 6.67. The van der Waals surface area contributed by atoms with E-state index >= 15 is 0 Å². The number of nitrogens with one attached hydrogen (secondary N) is 1. The highest BCUT2D eigenvalue weighted by Gasteiger charge is 2.40. The van der Waals surface area contributed by atoms with Gasteiger partial charge in [0.2, 0.25) is 0 Å². The van der Waals surface area contributed by atoms with Crippen LogP contribution in [-0.4, -0.2) is 17.9 Å². The number of aromatic amines is 1. The fourth-order valence-electron chi connectivity index (χ4n) is 3.60. The normalized spacial score (nSPS) is 15.2. The Bertz CT molecular complexity index is 1020. The summed E-state index contributed by atoms with van der Waals surface area (Å²) in [6, 6.07) is 9.42. The number of fused-ring (bicyclic) bond motifs is 4. The number of nitrogen functional groups attached to an aromatic ring is 1. The number of hydrogen-bond donors (Lipinski definition) is 2. The van der Waals surface area contributed by atoms with E-state index < -0.39 is 0 Å². The van der Waals surface area contributed by atoms with Crippen LogP contribution in [0.15, 0.2) is 34.8 Å². The third-order valence-corrected chi connectivity index (χ3v) is 5.50. The third-order valence-electron chi connectivity index (χ3n) is 4.88. The van der Waals surface area contributed by atoms with Crippen LogP contribution in [0.4, 0.5) is 5.69 Å². The summed E-state index contributed by atoms with van der Waals surface area (Å²) in [6.07, 6.45) is 0. The van der Waals surface area contributed by atoms with E-state index in [1.807, 2.05) is 30.3 Å². The molecule has 1 aliphatic rings. The molecule has 0 spiro atoms. The molecule has 0 saturated carbocycles. The first-order chi connectivity index (χ1) is 11.3. The molecule has 24 heavy (non-hydrogen) atoms. The highest BCUT2D eigenvalue weighted by molar-refractivity contribution is 9.10. The summed E-state index contributed by atoms with van der Waals surface area (Å²) >= 11 is 3.53.